The smallest absolute Gasteiger partial charge is 0.253 e. The number of methoxy groups -OCH3 is 1. The highest BCUT2D eigenvalue weighted by atomic mass is 35.5. The highest BCUT2D eigenvalue weighted by Crippen LogP contribution is 2.28. The molecule has 0 unspecified atom stereocenters. The van der Waals surface area contributed by atoms with E-state index in [1.54, 1.807) is 44.5 Å². The molecule has 32 heavy (non-hydrogen) atoms. The van der Waals surface area contributed by atoms with Crippen LogP contribution in [-0.4, -0.2) is 63.9 Å². The van der Waals surface area contributed by atoms with Crippen LogP contribution in [0.5, 0.6) is 11.5 Å². The molecule has 1 aliphatic rings. The standard InChI is InChI=1S/C23H29ClN2O5S/c1-25(15-16-31-20-10-8-19(30-2)9-11-20)23(27)18-7-12-21(24)22(17-18)32(28,29)26-13-5-3-4-6-14-26/h7-12,17H,3-6,13-16H2,1-2H3. The summed E-state index contributed by atoms with van der Waals surface area (Å²) in [4.78, 5) is 14.4. The zero-order valence-electron chi connectivity index (χ0n) is 18.4. The molecule has 0 aromatic heterocycles. The second kappa shape index (κ2) is 11.0. The number of nitrogens with zero attached hydrogens (tertiary/aromatic N) is 2. The van der Waals surface area contributed by atoms with E-state index >= 15 is 0 Å². The number of hydrogen-bond acceptors (Lipinski definition) is 5. The highest BCUT2D eigenvalue weighted by Gasteiger charge is 2.28. The highest BCUT2D eigenvalue weighted by molar-refractivity contribution is 7.89. The van der Waals surface area contributed by atoms with Crippen LogP contribution in [0.3, 0.4) is 0 Å². The number of ether oxygens (including phenoxy) is 2. The number of sulfonamides is 1. The van der Waals surface area contributed by atoms with Crippen LogP contribution >= 0.6 is 11.6 Å². The third-order valence-electron chi connectivity index (χ3n) is 5.46. The fourth-order valence-corrected chi connectivity index (χ4v) is 5.57. The Labute approximate surface area is 194 Å². The maximum Gasteiger partial charge on any atom is 0.253 e. The lowest BCUT2D eigenvalue weighted by molar-refractivity contribution is 0.0773. The van der Waals surface area contributed by atoms with Gasteiger partial charge in [0.05, 0.1) is 18.7 Å². The van der Waals surface area contributed by atoms with Crippen molar-refractivity contribution in [2.24, 2.45) is 0 Å². The zero-order valence-corrected chi connectivity index (χ0v) is 20.0. The molecular weight excluding hydrogens is 452 g/mol. The van der Waals surface area contributed by atoms with E-state index in [-0.39, 0.29) is 21.4 Å². The van der Waals surface area contributed by atoms with Gasteiger partial charge in [-0.25, -0.2) is 8.42 Å². The molecule has 9 heteroatoms. The van der Waals surface area contributed by atoms with Crippen LogP contribution in [0.4, 0.5) is 0 Å². The molecular formula is C23H29ClN2O5S. The summed E-state index contributed by atoms with van der Waals surface area (Å²) in [7, 11) is -0.516. The van der Waals surface area contributed by atoms with E-state index < -0.39 is 10.0 Å². The van der Waals surface area contributed by atoms with E-state index in [9.17, 15) is 13.2 Å². The molecule has 1 saturated heterocycles. The Balaban J connectivity index is 1.66. The molecule has 2 aromatic rings. The van der Waals surface area contributed by atoms with E-state index in [0.717, 1.165) is 31.4 Å². The number of amides is 1. The van der Waals surface area contributed by atoms with Crippen molar-refractivity contribution in [2.45, 2.75) is 30.6 Å². The maximum absolute atomic E-state index is 13.2. The molecule has 1 fully saturated rings. The van der Waals surface area contributed by atoms with Crippen molar-refractivity contribution in [3.05, 3.63) is 53.1 Å². The Bertz CT molecular complexity index is 1020. The third kappa shape index (κ3) is 5.94. The van der Waals surface area contributed by atoms with Crippen LogP contribution in [-0.2, 0) is 10.0 Å². The lowest BCUT2D eigenvalue weighted by Gasteiger charge is -2.22. The van der Waals surface area contributed by atoms with E-state index in [4.69, 9.17) is 21.1 Å². The Morgan fingerprint density at radius 2 is 1.66 bits per heavy atom. The Morgan fingerprint density at radius 3 is 2.28 bits per heavy atom. The van der Waals surface area contributed by atoms with Gasteiger partial charge < -0.3 is 14.4 Å². The fraction of sp³-hybridized carbons (Fsp3) is 0.435. The summed E-state index contributed by atoms with van der Waals surface area (Å²) in [5.74, 6) is 1.11. The average molecular weight is 481 g/mol. The zero-order chi connectivity index (χ0) is 23.1. The second-order valence-corrected chi connectivity index (χ2v) is 10.0. The quantitative estimate of drug-likeness (QED) is 0.569. The van der Waals surface area contributed by atoms with Gasteiger partial charge in [0.1, 0.15) is 23.0 Å². The van der Waals surface area contributed by atoms with Gasteiger partial charge >= 0.3 is 0 Å². The van der Waals surface area contributed by atoms with Gasteiger partial charge in [0.15, 0.2) is 0 Å². The summed E-state index contributed by atoms with van der Waals surface area (Å²) < 4.78 is 38.6. The van der Waals surface area contributed by atoms with Crippen LogP contribution < -0.4 is 9.47 Å². The number of hydrogen-bond donors (Lipinski definition) is 0. The predicted octanol–water partition coefficient (Wildman–Crippen LogP) is 4.06. The van der Waals surface area contributed by atoms with E-state index in [1.165, 1.54) is 21.3 Å². The molecule has 2 aromatic carbocycles. The number of likely N-dealkylation sites (N-methyl/N-ethyl adjacent to an activating group) is 1. The lowest BCUT2D eigenvalue weighted by Crippen LogP contribution is -2.33. The summed E-state index contributed by atoms with van der Waals surface area (Å²) in [6.45, 7) is 1.57. The van der Waals surface area contributed by atoms with Gasteiger partial charge in [0.25, 0.3) is 5.91 Å². The molecule has 3 rings (SSSR count). The molecule has 0 atom stereocenters. The van der Waals surface area contributed by atoms with Crippen molar-refractivity contribution in [2.75, 3.05) is 40.4 Å². The van der Waals surface area contributed by atoms with Gasteiger partial charge in [-0.3, -0.25) is 4.79 Å². The number of halogens is 1. The van der Waals surface area contributed by atoms with Gasteiger partial charge in [-0.2, -0.15) is 4.31 Å². The Kier molecular flexibility index (Phi) is 8.39. The van der Waals surface area contributed by atoms with Gasteiger partial charge in [-0.15, -0.1) is 0 Å². The fourth-order valence-electron chi connectivity index (χ4n) is 3.55. The minimum absolute atomic E-state index is 0.0187. The lowest BCUT2D eigenvalue weighted by atomic mass is 10.2. The largest absolute Gasteiger partial charge is 0.497 e. The van der Waals surface area contributed by atoms with Gasteiger partial charge in [-0.1, -0.05) is 24.4 Å². The maximum atomic E-state index is 13.2. The molecule has 0 bridgehead atoms. The number of rotatable bonds is 8. The molecule has 7 nitrogen and oxygen atoms in total. The number of benzene rings is 2. The van der Waals surface area contributed by atoms with Crippen molar-refractivity contribution in [1.82, 2.24) is 9.21 Å². The van der Waals surface area contributed by atoms with Crippen LogP contribution in [0.25, 0.3) is 0 Å². The molecule has 174 valence electrons. The average Bonchev–Trinajstić information content (AvgIpc) is 3.09. The van der Waals surface area contributed by atoms with Gasteiger partial charge in [-0.05, 0) is 55.3 Å². The first kappa shape index (κ1) is 24.4. The van der Waals surface area contributed by atoms with Crippen LogP contribution in [0.1, 0.15) is 36.0 Å². The molecule has 0 saturated carbocycles. The first-order valence-corrected chi connectivity index (χ1v) is 12.5. The van der Waals surface area contributed by atoms with Crippen molar-refractivity contribution in [1.29, 1.82) is 0 Å². The van der Waals surface area contributed by atoms with Crippen LogP contribution in [0.15, 0.2) is 47.4 Å². The summed E-state index contributed by atoms with van der Waals surface area (Å²) in [6.07, 6.45) is 3.68. The second-order valence-electron chi connectivity index (χ2n) is 7.71. The Hall–Kier alpha value is -2.29. The first-order chi connectivity index (χ1) is 15.3. The number of carbonyl (C=O) groups excluding carboxylic acids is 1. The van der Waals surface area contributed by atoms with Crippen molar-refractivity contribution >= 4 is 27.5 Å². The minimum Gasteiger partial charge on any atom is -0.497 e. The van der Waals surface area contributed by atoms with Crippen LogP contribution in [0, 0.1) is 0 Å². The summed E-state index contributed by atoms with van der Waals surface area (Å²) >= 11 is 6.24. The van der Waals surface area contributed by atoms with Crippen molar-refractivity contribution in [3.63, 3.8) is 0 Å². The van der Waals surface area contributed by atoms with Crippen LogP contribution in [0.2, 0.25) is 5.02 Å². The topological polar surface area (TPSA) is 76.1 Å². The summed E-state index contributed by atoms with van der Waals surface area (Å²) in [5, 5.41) is 0.122. The van der Waals surface area contributed by atoms with E-state index in [1.807, 2.05) is 0 Å². The van der Waals surface area contributed by atoms with Gasteiger partial charge in [0, 0.05) is 25.7 Å². The molecule has 1 amide bonds. The van der Waals surface area contributed by atoms with Crippen molar-refractivity contribution < 1.29 is 22.7 Å². The third-order valence-corrected chi connectivity index (χ3v) is 7.84. The molecule has 0 N–H and O–H groups in total. The van der Waals surface area contributed by atoms with Gasteiger partial charge in [0.2, 0.25) is 10.0 Å². The normalized spacial score (nSPS) is 15.1. The number of carbonyl (C=O) groups is 1. The Morgan fingerprint density at radius 1 is 1.03 bits per heavy atom. The van der Waals surface area contributed by atoms with E-state index in [2.05, 4.69) is 0 Å². The van der Waals surface area contributed by atoms with E-state index in [0.29, 0.717) is 32.0 Å². The first-order valence-electron chi connectivity index (χ1n) is 10.6. The minimum atomic E-state index is -3.76. The summed E-state index contributed by atoms with van der Waals surface area (Å²) in [6, 6.07) is 11.6. The summed E-state index contributed by atoms with van der Waals surface area (Å²) in [5.41, 5.74) is 0.273. The molecule has 0 aliphatic carbocycles. The SMILES string of the molecule is COc1ccc(OCCN(C)C(=O)c2ccc(Cl)c(S(=O)(=O)N3CCCCCC3)c2)cc1. The predicted molar refractivity (Wildman–Crippen MR) is 124 cm³/mol. The van der Waals surface area contributed by atoms with Crippen molar-refractivity contribution in [3.8, 4) is 11.5 Å². The molecule has 0 spiro atoms. The molecule has 1 heterocycles. The molecule has 0 radical (unpaired) electrons. The monoisotopic (exact) mass is 480 g/mol. The molecule has 1 aliphatic heterocycles.